The monoisotopic (exact) mass is 491 g/mol. The lowest BCUT2D eigenvalue weighted by Gasteiger charge is -2.26. The highest BCUT2D eigenvalue weighted by atomic mass is 32.2. The first-order valence-corrected chi connectivity index (χ1v) is 13.6. The van der Waals surface area contributed by atoms with Gasteiger partial charge in [-0.15, -0.1) is 0 Å². The lowest BCUT2D eigenvalue weighted by Crippen LogP contribution is -2.35. The number of carbonyl (C=O) groups excluding carboxylic acids is 1. The zero-order chi connectivity index (χ0) is 24.1. The molecule has 2 aromatic rings. The maximum absolute atomic E-state index is 13.1. The number of sulfone groups is 1. The van der Waals surface area contributed by atoms with Crippen LogP contribution in [0, 0.1) is 11.3 Å². The van der Waals surface area contributed by atoms with Crippen LogP contribution in [-0.4, -0.2) is 53.0 Å². The number of anilines is 1. The number of ether oxygens (including phenoxy) is 1. The van der Waals surface area contributed by atoms with Crippen molar-refractivity contribution in [2.24, 2.45) is 0 Å². The largest absolute Gasteiger partial charge is 0.495 e. The third-order valence-electron chi connectivity index (χ3n) is 5.20. The summed E-state index contributed by atoms with van der Waals surface area (Å²) in [6, 6.07) is 12.2. The number of amides is 1. The Morgan fingerprint density at radius 1 is 1.06 bits per heavy atom. The van der Waals surface area contributed by atoms with Gasteiger partial charge in [0.15, 0.2) is 9.84 Å². The van der Waals surface area contributed by atoms with Crippen molar-refractivity contribution in [3.05, 3.63) is 53.6 Å². The SMILES string of the molecule is COc1ccc(NC(=O)CS(=O)(=O)Cc2ccc(C#N)cc2)cc1S(=O)(=O)N1CCCCC1. The Morgan fingerprint density at radius 3 is 2.33 bits per heavy atom. The molecule has 1 saturated heterocycles. The van der Waals surface area contributed by atoms with Gasteiger partial charge in [0.25, 0.3) is 0 Å². The molecule has 2 aromatic carbocycles. The van der Waals surface area contributed by atoms with E-state index < -0.39 is 31.5 Å². The fourth-order valence-electron chi connectivity index (χ4n) is 3.58. The van der Waals surface area contributed by atoms with E-state index in [0.717, 1.165) is 19.3 Å². The molecule has 0 bridgehead atoms. The lowest BCUT2D eigenvalue weighted by molar-refractivity contribution is -0.113. The van der Waals surface area contributed by atoms with Crippen LogP contribution in [0.15, 0.2) is 47.4 Å². The molecule has 3 rings (SSSR count). The Labute approximate surface area is 193 Å². The molecule has 0 atom stereocenters. The fourth-order valence-corrected chi connectivity index (χ4v) is 6.55. The van der Waals surface area contributed by atoms with Gasteiger partial charge in [-0.2, -0.15) is 9.57 Å². The van der Waals surface area contributed by atoms with Crippen LogP contribution in [0.2, 0.25) is 0 Å². The Morgan fingerprint density at radius 2 is 1.73 bits per heavy atom. The number of benzene rings is 2. The Bertz CT molecular complexity index is 1260. The number of rotatable bonds is 8. The van der Waals surface area contributed by atoms with Gasteiger partial charge < -0.3 is 10.1 Å². The van der Waals surface area contributed by atoms with Gasteiger partial charge >= 0.3 is 0 Å². The third-order valence-corrected chi connectivity index (χ3v) is 8.60. The van der Waals surface area contributed by atoms with Gasteiger partial charge in [0.05, 0.1) is 24.5 Å². The maximum atomic E-state index is 13.1. The van der Waals surface area contributed by atoms with Gasteiger partial charge in [-0.3, -0.25) is 4.79 Å². The number of nitrogens with zero attached hydrogens (tertiary/aromatic N) is 2. The number of hydrogen-bond donors (Lipinski definition) is 1. The summed E-state index contributed by atoms with van der Waals surface area (Å²) < 4.78 is 57.7. The first-order valence-electron chi connectivity index (χ1n) is 10.3. The van der Waals surface area contributed by atoms with E-state index in [1.165, 1.54) is 53.9 Å². The molecule has 0 aliphatic carbocycles. The molecule has 1 N–H and O–H groups in total. The molecule has 1 amide bonds. The van der Waals surface area contributed by atoms with Crippen LogP contribution in [0.5, 0.6) is 5.75 Å². The van der Waals surface area contributed by atoms with E-state index in [1.54, 1.807) is 0 Å². The first kappa shape index (κ1) is 24.7. The van der Waals surface area contributed by atoms with Crippen molar-refractivity contribution in [2.45, 2.75) is 29.9 Å². The highest BCUT2D eigenvalue weighted by Gasteiger charge is 2.29. The topological polar surface area (TPSA) is 134 Å². The van der Waals surface area contributed by atoms with Crippen molar-refractivity contribution in [1.29, 1.82) is 5.26 Å². The molecule has 0 unspecified atom stereocenters. The quantitative estimate of drug-likeness (QED) is 0.599. The average Bonchev–Trinajstić information content (AvgIpc) is 2.79. The number of carbonyl (C=O) groups is 1. The summed E-state index contributed by atoms with van der Waals surface area (Å²) in [4.78, 5) is 12.3. The molecule has 1 fully saturated rings. The number of piperidine rings is 1. The van der Waals surface area contributed by atoms with Crippen LogP contribution in [0.1, 0.15) is 30.4 Å². The van der Waals surface area contributed by atoms with E-state index in [-0.39, 0.29) is 22.1 Å². The van der Waals surface area contributed by atoms with Gasteiger partial charge in [-0.05, 0) is 48.7 Å². The molecule has 176 valence electrons. The summed E-state index contributed by atoms with van der Waals surface area (Å²) in [5.74, 6) is -1.77. The number of methoxy groups -OCH3 is 1. The molecule has 0 saturated carbocycles. The highest BCUT2D eigenvalue weighted by Crippen LogP contribution is 2.31. The summed E-state index contributed by atoms with van der Waals surface area (Å²) >= 11 is 0. The van der Waals surface area contributed by atoms with Gasteiger partial charge in [0.1, 0.15) is 16.4 Å². The van der Waals surface area contributed by atoms with Crippen LogP contribution >= 0.6 is 0 Å². The number of nitriles is 1. The van der Waals surface area contributed by atoms with E-state index in [2.05, 4.69) is 5.32 Å². The Balaban J connectivity index is 1.74. The lowest BCUT2D eigenvalue weighted by atomic mass is 10.2. The maximum Gasteiger partial charge on any atom is 0.246 e. The summed E-state index contributed by atoms with van der Waals surface area (Å²) in [7, 11) is -6.26. The molecule has 0 spiro atoms. The fraction of sp³-hybridized carbons (Fsp3) is 0.364. The second kappa shape index (κ2) is 10.3. The Kier molecular flexibility index (Phi) is 7.73. The van der Waals surface area contributed by atoms with Crippen molar-refractivity contribution >= 4 is 31.5 Å². The summed E-state index contributed by atoms with van der Waals surface area (Å²) in [6.45, 7) is 0.825. The zero-order valence-corrected chi connectivity index (χ0v) is 19.8. The van der Waals surface area contributed by atoms with Gasteiger partial charge in [-0.1, -0.05) is 18.6 Å². The minimum absolute atomic E-state index is 0.0786. The number of sulfonamides is 1. The summed E-state index contributed by atoms with van der Waals surface area (Å²) in [6.07, 6.45) is 2.51. The minimum Gasteiger partial charge on any atom is -0.495 e. The molecule has 0 aromatic heterocycles. The third kappa shape index (κ3) is 6.31. The first-order chi connectivity index (χ1) is 15.6. The van der Waals surface area contributed by atoms with Crippen LogP contribution in [-0.2, 0) is 30.4 Å². The van der Waals surface area contributed by atoms with E-state index in [0.29, 0.717) is 24.2 Å². The molecule has 1 aliphatic rings. The molecule has 0 radical (unpaired) electrons. The molecule has 1 aliphatic heterocycles. The van der Waals surface area contributed by atoms with Crippen molar-refractivity contribution in [2.75, 3.05) is 31.3 Å². The normalized spacial score (nSPS) is 14.9. The molecule has 9 nitrogen and oxygen atoms in total. The number of nitrogens with one attached hydrogen (secondary N) is 1. The van der Waals surface area contributed by atoms with E-state index in [4.69, 9.17) is 10.00 Å². The molecular weight excluding hydrogens is 466 g/mol. The van der Waals surface area contributed by atoms with Crippen LogP contribution in [0.4, 0.5) is 5.69 Å². The predicted octanol–water partition coefficient (Wildman–Crippen LogP) is 2.29. The van der Waals surface area contributed by atoms with Crippen molar-refractivity contribution in [3.63, 3.8) is 0 Å². The zero-order valence-electron chi connectivity index (χ0n) is 18.2. The van der Waals surface area contributed by atoms with E-state index >= 15 is 0 Å². The van der Waals surface area contributed by atoms with E-state index in [9.17, 15) is 21.6 Å². The molecular formula is C22H25N3O6S2. The summed E-state index contributed by atoms with van der Waals surface area (Å²) in [5, 5.41) is 11.3. The summed E-state index contributed by atoms with van der Waals surface area (Å²) in [5.41, 5.74) is 1.02. The second-order valence-corrected chi connectivity index (χ2v) is 11.7. The van der Waals surface area contributed by atoms with Crippen molar-refractivity contribution < 1.29 is 26.4 Å². The molecule has 1 heterocycles. The van der Waals surface area contributed by atoms with Gasteiger partial charge in [-0.25, -0.2) is 16.8 Å². The molecule has 33 heavy (non-hydrogen) atoms. The predicted molar refractivity (Wildman–Crippen MR) is 123 cm³/mol. The highest BCUT2D eigenvalue weighted by molar-refractivity contribution is 7.91. The van der Waals surface area contributed by atoms with Crippen LogP contribution in [0.3, 0.4) is 0 Å². The van der Waals surface area contributed by atoms with Gasteiger partial charge in [0.2, 0.25) is 15.9 Å². The van der Waals surface area contributed by atoms with Crippen LogP contribution in [0.25, 0.3) is 0 Å². The van der Waals surface area contributed by atoms with Crippen molar-refractivity contribution in [3.8, 4) is 11.8 Å². The minimum atomic E-state index is -3.83. The molecule has 11 heteroatoms. The van der Waals surface area contributed by atoms with Gasteiger partial charge in [0, 0.05) is 18.8 Å². The average molecular weight is 492 g/mol. The Hall–Kier alpha value is -2.94. The second-order valence-electron chi connectivity index (χ2n) is 7.72. The van der Waals surface area contributed by atoms with Crippen LogP contribution < -0.4 is 10.1 Å². The van der Waals surface area contributed by atoms with E-state index in [1.807, 2.05) is 6.07 Å². The standard InChI is InChI=1S/C22H25N3O6S2/c1-31-20-10-9-19(13-21(20)33(29,30)25-11-3-2-4-12-25)24-22(26)16-32(27,28)15-18-7-5-17(14-23)6-8-18/h5-10,13H,2-4,11-12,15-16H2,1H3,(H,24,26). The number of hydrogen-bond acceptors (Lipinski definition) is 7. The smallest absolute Gasteiger partial charge is 0.246 e. The van der Waals surface area contributed by atoms with Crippen molar-refractivity contribution in [1.82, 2.24) is 4.31 Å².